The van der Waals surface area contributed by atoms with E-state index in [0.717, 1.165) is 29.4 Å². The third kappa shape index (κ3) is 1.87. The number of rotatable bonds is 3. The summed E-state index contributed by atoms with van der Waals surface area (Å²) in [6, 6.07) is 6.14. The molecule has 2 aromatic rings. The van der Waals surface area contributed by atoms with Crippen LogP contribution in [-0.4, -0.2) is 22.8 Å². The van der Waals surface area contributed by atoms with Crippen molar-refractivity contribution in [3.63, 3.8) is 0 Å². The molecule has 0 bridgehead atoms. The van der Waals surface area contributed by atoms with Crippen LogP contribution >= 0.6 is 0 Å². The van der Waals surface area contributed by atoms with Crippen molar-refractivity contribution < 1.29 is 14.6 Å². The molecule has 3 rings (SSSR count). The van der Waals surface area contributed by atoms with E-state index < -0.39 is 5.97 Å². The van der Waals surface area contributed by atoms with Gasteiger partial charge in [0.15, 0.2) is 0 Å². The fourth-order valence-corrected chi connectivity index (χ4v) is 3.45. The first-order valence-electron chi connectivity index (χ1n) is 7.05. The van der Waals surface area contributed by atoms with E-state index in [1.54, 1.807) is 7.11 Å². The second-order valence-electron chi connectivity index (χ2n) is 5.46. The summed E-state index contributed by atoms with van der Waals surface area (Å²) < 4.78 is 7.44. The van der Waals surface area contributed by atoms with Gasteiger partial charge in [-0.2, -0.15) is 0 Å². The lowest BCUT2D eigenvalue weighted by Gasteiger charge is -2.16. The number of methoxy groups -OCH3 is 1. The normalized spacial score (nSPS) is 15.9. The lowest BCUT2D eigenvalue weighted by molar-refractivity contribution is 0.0698. The Morgan fingerprint density at radius 3 is 2.65 bits per heavy atom. The lowest BCUT2D eigenvalue weighted by Crippen LogP contribution is -2.08. The molecular formula is C16H19NO3. The maximum atomic E-state index is 11.6. The highest BCUT2D eigenvalue weighted by atomic mass is 16.5. The summed E-state index contributed by atoms with van der Waals surface area (Å²) in [6.45, 7) is 1.91. The lowest BCUT2D eigenvalue weighted by atomic mass is 10.1. The summed E-state index contributed by atoms with van der Waals surface area (Å²) in [7, 11) is 1.60. The minimum Gasteiger partial charge on any atom is -0.497 e. The summed E-state index contributed by atoms with van der Waals surface area (Å²) in [5.41, 5.74) is 2.27. The van der Waals surface area contributed by atoms with Crippen molar-refractivity contribution >= 4 is 16.9 Å². The highest BCUT2D eigenvalue weighted by Gasteiger charge is 2.25. The van der Waals surface area contributed by atoms with Crippen molar-refractivity contribution in [3.05, 3.63) is 29.5 Å². The van der Waals surface area contributed by atoms with E-state index in [1.807, 2.05) is 25.1 Å². The zero-order valence-corrected chi connectivity index (χ0v) is 11.8. The average Bonchev–Trinajstić information content (AvgIpc) is 3.02. The van der Waals surface area contributed by atoms with Gasteiger partial charge in [-0.15, -0.1) is 0 Å². The fourth-order valence-electron chi connectivity index (χ4n) is 3.45. The predicted molar refractivity (Wildman–Crippen MR) is 77.7 cm³/mol. The van der Waals surface area contributed by atoms with E-state index in [4.69, 9.17) is 4.74 Å². The monoisotopic (exact) mass is 273 g/mol. The van der Waals surface area contributed by atoms with Gasteiger partial charge in [0.2, 0.25) is 0 Å². The second-order valence-corrected chi connectivity index (χ2v) is 5.46. The molecule has 1 saturated carbocycles. The maximum Gasteiger partial charge on any atom is 0.338 e. The molecular weight excluding hydrogens is 254 g/mol. The number of hydrogen-bond donors (Lipinski definition) is 1. The molecule has 1 aliphatic rings. The number of benzene rings is 1. The van der Waals surface area contributed by atoms with Gasteiger partial charge in [0.05, 0.1) is 12.7 Å². The van der Waals surface area contributed by atoms with E-state index in [-0.39, 0.29) is 0 Å². The molecule has 1 aromatic carbocycles. The molecule has 0 saturated heterocycles. The summed E-state index contributed by atoms with van der Waals surface area (Å²) in [6.07, 6.45) is 4.72. The highest BCUT2D eigenvalue weighted by Crippen LogP contribution is 2.37. The number of fused-ring (bicyclic) bond motifs is 1. The standard InChI is InChI=1S/C16H19NO3/c1-10-15(16(18)19)13-9-12(20-2)7-8-14(13)17(10)11-5-3-4-6-11/h7-9,11H,3-6H2,1-2H3,(H,18,19). The zero-order chi connectivity index (χ0) is 14.3. The van der Waals surface area contributed by atoms with Gasteiger partial charge >= 0.3 is 5.97 Å². The van der Waals surface area contributed by atoms with Crippen LogP contribution in [0, 0.1) is 6.92 Å². The van der Waals surface area contributed by atoms with Crippen LogP contribution in [0.1, 0.15) is 47.8 Å². The highest BCUT2D eigenvalue weighted by molar-refractivity contribution is 6.05. The Morgan fingerprint density at radius 2 is 2.05 bits per heavy atom. The average molecular weight is 273 g/mol. The van der Waals surface area contributed by atoms with E-state index in [0.29, 0.717) is 17.4 Å². The topological polar surface area (TPSA) is 51.5 Å². The number of aromatic carboxylic acids is 1. The number of carbonyl (C=O) groups is 1. The number of ether oxygens (including phenoxy) is 1. The molecule has 1 heterocycles. The molecule has 1 aromatic heterocycles. The molecule has 20 heavy (non-hydrogen) atoms. The Balaban J connectivity index is 2.29. The Labute approximate surface area is 118 Å². The van der Waals surface area contributed by atoms with Gasteiger partial charge in [0.25, 0.3) is 0 Å². The molecule has 4 nitrogen and oxygen atoms in total. The van der Waals surface area contributed by atoms with E-state index in [1.165, 1.54) is 12.8 Å². The van der Waals surface area contributed by atoms with Gasteiger partial charge in [-0.25, -0.2) is 4.79 Å². The van der Waals surface area contributed by atoms with Crippen LogP contribution in [0.25, 0.3) is 10.9 Å². The van der Waals surface area contributed by atoms with Crippen molar-refractivity contribution in [1.29, 1.82) is 0 Å². The van der Waals surface area contributed by atoms with Gasteiger partial charge in [-0.1, -0.05) is 12.8 Å². The third-order valence-corrected chi connectivity index (χ3v) is 4.36. The van der Waals surface area contributed by atoms with Crippen molar-refractivity contribution in [2.45, 2.75) is 38.6 Å². The molecule has 0 unspecified atom stereocenters. The Bertz CT molecular complexity index is 666. The molecule has 0 radical (unpaired) electrons. The van der Waals surface area contributed by atoms with Crippen LogP contribution in [0.4, 0.5) is 0 Å². The molecule has 0 atom stereocenters. The van der Waals surface area contributed by atoms with Crippen molar-refractivity contribution in [3.8, 4) is 5.75 Å². The number of carboxylic acids is 1. The smallest absolute Gasteiger partial charge is 0.338 e. The Kier molecular flexibility index (Phi) is 3.16. The number of hydrogen-bond acceptors (Lipinski definition) is 2. The van der Waals surface area contributed by atoms with E-state index >= 15 is 0 Å². The SMILES string of the molecule is COc1ccc2c(c1)c(C(=O)O)c(C)n2C1CCCC1. The van der Waals surface area contributed by atoms with Gasteiger partial charge in [0.1, 0.15) is 5.75 Å². The van der Waals surface area contributed by atoms with Gasteiger partial charge in [-0.3, -0.25) is 0 Å². The zero-order valence-electron chi connectivity index (χ0n) is 11.8. The molecule has 0 aliphatic heterocycles. The summed E-state index contributed by atoms with van der Waals surface area (Å²) in [5.74, 6) is -0.166. The van der Waals surface area contributed by atoms with Crippen LogP contribution in [0.2, 0.25) is 0 Å². The van der Waals surface area contributed by atoms with Gasteiger partial charge in [0, 0.05) is 22.6 Å². The van der Waals surface area contributed by atoms with Crippen molar-refractivity contribution in [2.24, 2.45) is 0 Å². The first-order chi connectivity index (χ1) is 9.63. The Hall–Kier alpha value is -1.97. The van der Waals surface area contributed by atoms with Crippen LogP contribution in [-0.2, 0) is 0 Å². The van der Waals surface area contributed by atoms with Crippen LogP contribution in [0.3, 0.4) is 0 Å². The van der Waals surface area contributed by atoms with Crippen molar-refractivity contribution in [2.75, 3.05) is 7.11 Å². The van der Waals surface area contributed by atoms with Crippen LogP contribution < -0.4 is 4.74 Å². The van der Waals surface area contributed by atoms with Crippen LogP contribution in [0.5, 0.6) is 5.75 Å². The fraction of sp³-hybridized carbons (Fsp3) is 0.438. The molecule has 1 aliphatic carbocycles. The largest absolute Gasteiger partial charge is 0.497 e. The first kappa shape index (κ1) is 13.0. The summed E-state index contributed by atoms with van der Waals surface area (Å²) in [5, 5.41) is 10.3. The van der Waals surface area contributed by atoms with Crippen LogP contribution in [0.15, 0.2) is 18.2 Å². The minimum absolute atomic E-state index is 0.408. The molecule has 4 heteroatoms. The van der Waals surface area contributed by atoms with E-state index in [2.05, 4.69) is 4.57 Å². The molecule has 106 valence electrons. The van der Waals surface area contributed by atoms with E-state index in [9.17, 15) is 9.90 Å². The predicted octanol–water partition coefficient (Wildman–Crippen LogP) is 3.77. The number of carboxylic acid groups (broad SMARTS) is 1. The second kappa shape index (κ2) is 4.85. The Morgan fingerprint density at radius 1 is 1.35 bits per heavy atom. The third-order valence-electron chi connectivity index (χ3n) is 4.36. The maximum absolute atomic E-state index is 11.6. The molecule has 0 amide bonds. The molecule has 1 N–H and O–H groups in total. The molecule has 1 fully saturated rings. The number of aromatic nitrogens is 1. The summed E-state index contributed by atoms with van der Waals surface area (Å²) >= 11 is 0. The quantitative estimate of drug-likeness (QED) is 0.926. The first-order valence-corrected chi connectivity index (χ1v) is 7.05. The van der Waals surface area contributed by atoms with Gasteiger partial charge in [-0.05, 0) is 38.0 Å². The van der Waals surface area contributed by atoms with Crippen molar-refractivity contribution in [1.82, 2.24) is 4.57 Å². The number of nitrogens with zero attached hydrogens (tertiary/aromatic N) is 1. The summed E-state index contributed by atoms with van der Waals surface area (Å²) in [4.78, 5) is 11.6. The van der Waals surface area contributed by atoms with Gasteiger partial charge < -0.3 is 14.4 Å². The minimum atomic E-state index is -0.863. The molecule has 0 spiro atoms.